The van der Waals surface area contributed by atoms with Crippen LogP contribution in [-0.2, 0) is 11.3 Å². The maximum atomic E-state index is 12.6. The summed E-state index contributed by atoms with van der Waals surface area (Å²) < 4.78 is 10.8. The van der Waals surface area contributed by atoms with Crippen LogP contribution in [0.2, 0.25) is 0 Å². The Kier molecular flexibility index (Phi) is 7.57. The number of nitrogen functional groups attached to an aromatic ring is 1. The fourth-order valence-electron chi connectivity index (χ4n) is 3.28. The van der Waals surface area contributed by atoms with Crippen molar-refractivity contribution in [3.8, 4) is 5.75 Å². The summed E-state index contributed by atoms with van der Waals surface area (Å²) in [6.07, 6.45) is 1.10. The summed E-state index contributed by atoms with van der Waals surface area (Å²) in [4.78, 5) is 37.0. The Labute approximate surface area is 194 Å². The van der Waals surface area contributed by atoms with E-state index in [1.165, 1.54) is 6.20 Å². The van der Waals surface area contributed by atoms with Crippen LogP contribution in [0.1, 0.15) is 43.6 Å². The van der Waals surface area contributed by atoms with E-state index in [-0.39, 0.29) is 23.4 Å². The molecule has 0 bridgehead atoms. The van der Waals surface area contributed by atoms with E-state index in [0.717, 1.165) is 11.3 Å². The Morgan fingerprint density at radius 2 is 1.79 bits per heavy atom. The predicted octanol–water partition coefficient (Wildman–Crippen LogP) is 2.44. The molecule has 2 heterocycles. The maximum absolute atomic E-state index is 12.6. The van der Waals surface area contributed by atoms with E-state index >= 15 is 0 Å². The Morgan fingerprint density at radius 1 is 1.12 bits per heavy atom. The third kappa shape index (κ3) is 6.71. The highest BCUT2D eigenvalue weighted by atomic mass is 16.6. The molecular weight excluding hydrogens is 424 g/mol. The number of rotatable bonds is 6. The van der Waals surface area contributed by atoms with Gasteiger partial charge in [0.25, 0.3) is 5.91 Å². The second kappa shape index (κ2) is 10.4. The van der Waals surface area contributed by atoms with Crippen LogP contribution in [0.4, 0.5) is 16.6 Å². The molecule has 0 radical (unpaired) electrons. The fraction of sp³-hybridized carbons (Fsp3) is 0.478. The lowest BCUT2D eigenvalue weighted by Crippen LogP contribution is -2.50. The number of nitrogens with two attached hydrogens (primary N) is 1. The molecule has 2 aromatic rings. The molecule has 0 spiro atoms. The second-order valence-electron chi connectivity index (χ2n) is 8.68. The summed E-state index contributed by atoms with van der Waals surface area (Å²) in [7, 11) is 0. The van der Waals surface area contributed by atoms with Gasteiger partial charge in [0.15, 0.2) is 0 Å². The SMILES string of the molecule is CCOc1ccc(CNC(=O)c2cnc(N3CCN(C(=O)OC(C)(C)C)CC3)nc2N)cc1. The van der Waals surface area contributed by atoms with Crippen molar-refractivity contribution in [3.05, 3.63) is 41.6 Å². The zero-order valence-corrected chi connectivity index (χ0v) is 19.6. The van der Waals surface area contributed by atoms with Crippen molar-refractivity contribution >= 4 is 23.8 Å². The summed E-state index contributed by atoms with van der Waals surface area (Å²) >= 11 is 0. The molecule has 1 aliphatic heterocycles. The first-order valence-corrected chi connectivity index (χ1v) is 11.0. The standard InChI is InChI=1S/C23H32N6O4/c1-5-32-17-8-6-16(7-9-17)14-25-20(30)18-15-26-21(27-19(18)24)28-10-12-29(13-11-28)22(31)33-23(2,3)4/h6-9,15H,5,10-14H2,1-4H3,(H,25,30)(H2,24,26,27). The third-order valence-corrected chi connectivity index (χ3v) is 4.95. The van der Waals surface area contributed by atoms with Gasteiger partial charge >= 0.3 is 6.09 Å². The van der Waals surface area contributed by atoms with Gasteiger partial charge in [0.1, 0.15) is 17.2 Å². The van der Waals surface area contributed by atoms with Gasteiger partial charge in [0.2, 0.25) is 5.95 Å². The minimum Gasteiger partial charge on any atom is -0.494 e. The van der Waals surface area contributed by atoms with Crippen LogP contribution in [0.3, 0.4) is 0 Å². The number of carbonyl (C=O) groups excluding carboxylic acids is 2. The lowest BCUT2D eigenvalue weighted by Gasteiger charge is -2.35. The van der Waals surface area contributed by atoms with Gasteiger partial charge in [-0.25, -0.2) is 9.78 Å². The van der Waals surface area contributed by atoms with Gasteiger partial charge in [-0.1, -0.05) is 12.1 Å². The lowest BCUT2D eigenvalue weighted by atomic mass is 10.2. The molecule has 0 aliphatic carbocycles. The molecule has 1 aromatic heterocycles. The van der Waals surface area contributed by atoms with E-state index in [1.807, 2.05) is 56.9 Å². The first kappa shape index (κ1) is 24.1. The van der Waals surface area contributed by atoms with Gasteiger partial charge in [-0.3, -0.25) is 4.79 Å². The monoisotopic (exact) mass is 456 g/mol. The van der Waals surface area contributed by atoms with Gasteiger partial charge < -0.3 is 30.3 Å². The number of benzene rings is 1. The number of hydrogen-bond donors (Lipinski definition) is 2. The van der Waals surface area contributed by atoms with E-state index in [9.17, 15) is 9.59 Å². The average Bonchev–Trinajstić information content (AvgIpc) is 2.77. The Morgan fingerprint density at radius 3 is 2.36 bits per heavy atom. The van der Waals surface area contributed by atoms with Gasteiger partial charge in [-0.15, -0.1) is 0 Å². The molecule has 3 rings (SSSR count). The zero-order chi connectivity index (χ0) is 24.0. The van der Waals surface area contributed by atoms with Crippen molar-refractivity contribution in [1.82, 2.24) is 20.2 Å². The van der Waals surface area contributed by atoms with Gasteiger partial charge in [0.05, 0.1) is 12.2 Å². The fourth-order valence-corrected chi connectivity index (χ4v) is 3.28. The number of hydrogen-bond acceptors (Lipinski definition) is 8. The molecule has 0 atom stereocenters. The molecule has 33 heavy (non-hydrogen) atoms. The molecule has 1 saturated heterocycles. The van der Waals surface area contributed by atoms with E-state index < -0.39 is 5.60 Å². The van der Waals surface area contributed by atoms with Gasteiger partial charge in [-0.2, -0.15) is 4.98 Å². The van der Waals surface area contributed by atoms with Crippen LogP contribution in [0.15, 0.2) is 30.5 Å². The number of amides is 2. The van der Waals surface area contributed by atoms with Gasteiger partial charge in [-0.05, 0) is 45.4 Å². The highest BCUT2D eigenvalue weighted by molar-refractivity contribution is 5.98. The third-order valence-electron chi connectivity index (χ3n) is 4.95. The minimum atomic E-state index is -0.533. The highest BCUT2D eigenvalue weighted by Crippen LogP contribution is 2.18. The average molecular weight is 457 g/mol. The quantitative estimate of drug-likeness (QED) is 0.680. The molecule has 2 amide bonds. The molecule has 1 aromatic carbocycles. The van der Waals surface area contributed by atoms with Crippen LogP contribution < -0.4 is 20.7 Å². The number of nitrogens with one attached hydrogen (secondary N) is 1. The summed E-state index contributed by atoms with van der Waals surface area (Å²) in [6, 6.07) is 7.51. The Hall–Kier alpha value is -3.56. The molecule has 10 heteroatoms. The van der Waals surface area contributed by atoms with Crippen molar-refractivity contribution in [2.24, 2.45) is 0 Å². The van der Waals surface area contributed by atoms with E-state index in [2.05, 4.69) is 15.3 Å². The summed E-state index contributed by atoms with van der Waals surface area (Å²) in [5, 5.41) is 2.83. The molecular formula is C23H32N6O4. The summed E-state index contributed by atoms with van der Waals surface area (Å²) in [5.41, 5.74) is 6.68. The summed E-state index contributed by atoms with van der Waals surface area (Å²) in [6.45, 7) is 10.5. The van der Waals surface area contributed by atoms with Crippen molar-refractivity contribution in [1.29, 1.82) is 0 Å². The van der Waals surface area contributed by atoms with Crippen molar-refractivity contribution in [3.63, 3.8) is 0 Å². The van der Waals surface area contributed by atoms with Crippen molar-refractivity contribution < 1.29 is 19.1 Å². The van der Waals surface area contributed by atoms with Crippen LogP contribution in [0, 0.1) is 0 Å². The van der Waals surface area contributed by atoms with E-state index in [1.54, 1.807) is 4.90 Å². The van der Waals surface area contributed by atoms with Crippen LogP contribution in [-0.4, -0.2) is 65.3 Å². The number of aromatic nitrogens is 2. The van der Waals surface area contributed by atoms with Crippen molar-refractivity contribution in [2.75, 3.05) is 43.4 Å². The number of anilines is 2. The minimum absolute atomic E-state index is 0.110. The van der Waals surface area contributed by atoms with Crippen LogP contribution in [0.5, 0.6) is 5.75 Å². The number of nitrogens with zero attached hydrogens (tertiary/aromatic N) is 4. The van der Waals surface area contributed by atoms with Crippen LogP contribution in [0.25, 0.3) is 0 Å². The Balaban J connectivity index is 1.54. The molecule has 1 aliphatic rings. The number of ether oxygens (including phenoxy) is 2. The Bertz CT molecular complexity index is 966. The van der Waals surface area contributed by atoms with Crippen molar-refractivity contribution in [2.45, 2.75) is 39.8 Å². The molecule has 178 valence electrons. The first-order chi connectivity index (χ1) is 15.7. The smallest absolute Gasteiger partial charge is 0.410 e. The molecule has 3 N–H and O–H groups in total. The van der Waals surface area contributed by atoms with Crippen LogP contribution >= 0.6 is 0 Å². The molecule has 1 fully saturated rings. The predicted molar refractivity (Wildman–Crippen MR) is 125 cm³/mol. The zero-order valence-electron chi connectivity index (χ0n) is 19.6. The molecule has 0 unspecified atom stereocenters. The molecule has 0 saturated carbocycles. The number of piperazine rings is 1. The topological polar surface area (TPSA) is 123 Å². The van der Waals surface area contributed by atoms with Gasteiger partial charge in [0, 0.05) is 38.9 Å². The van der Waals surface area contributed by atoms with E-state index in [4.69, 9.17) is 15.2 Å². The second-order valence-corrected chi connectivity index (χ2v) is 8.68. The van der Waals surface area contributed by atoms with E-state index in [0.29, 0.717) is 45.3 Å². The largest absolute Gasteiger partial charge is 0.494 e. The molecule has 10 nitrogen and oxygen atoms in total. The highest BCUT2D eigenvalue weighted by Gasteiger charge is 2.27. The first-order valence-electron chi connectivity index (χ1n) is 11.0. The lowest BCUT2D eigenvalue weighted by molar-refractivity contribution is 0.0240. The number of carbonyl (C=O) groups is 2. The normalized spacial score (nSPS) is 14.1. The maximum Gasteiger partial charge on any atom is 0.410 e. The summed E-state index contributed by atoms with van der Waals surface area (Å²) in [5.74, 6) is 0.980.